The van der Waals surface area contributed by atoms with E-state index < -0.39 is 0 Å². The minimum absolute atomic E-state index is 0.187. The van der Waals surface area contributed by atoms with Crippen LogP contribution in [0.1, 0.15) is 18.4 Å². The molecule has 0 amide bonds. The maximum absolute atomic E-state index is 13.7. The normalized spacial score (nSPS) is 28.3. The first kappa shape index (κ1) is 12.4. The van der Waals surface area contributed by atoms with Crippen LogP contribution in [0.3, 0.4) is 0 Å². The lowest BCUT2D eigenvalue weighted by molar-refractivity contribution is 0.266. The van der Waals surface area contributed by atoms with E-state index >= 15 is 0 Å². The molecule has 1 aromatic rings. The minimum Gasteiger partial charge on any atom is -0.316 e. The molecule has 0 saturated carbocycles. The van der Waals surface area contributed by atoms with Crippen molar-refractivity contribution in [1.82, 2.24) is 10.2 Å². The van der Waals surface area contributed by atoms with E-state index in [9.17, 15) is 4.39 Å². The molecule has 1 unspecified atom stereocenters. The lowest BCUT2D eigenvalue weighted by atomic mass is 9.86. The standard InChI is InChI=1S/C14H18ClFN2/c15-12-2-1-3-13(16)11(12)8-18-7-5-14(10-18)4-6-17-9-14/h1-3,17H,4-10H2. The van der Waals surface area contributed by atoms with Gasteiger partial charge in [0.25, 0.3) is 0 Å². The summed E-state index contributed by atoms with van der Waals surface area (Å²) in [5, 5.41) is 3.98. The molecule has 98 valence electrons. The number of halogens is 2. The Hall–Kier alpha value is -0.640. The maximum Gasteiger partial charge on any atom is 0.129 e. The zero-order valence-corrected chi connectivity index (χ0v) is 11.1. The van der Waals surface area contributed by atoms with Crippen LogP contribution in [0.2, 0.25) is 5.02 Å². The van der Waals surface area contributed by atoms with Gasteiger partial charge >= 0.3 is 0 Å². The van der Waals surface area contributed by atoms with Crippen molar-refractivity contribution in [1.29, 1.82) is 0 Å². The van der Waals surface area contributed by atoms with Crippen LogP contribution in [0.25, 0.3) is 0 Å². The first-order chi connectivity index (χ1) is 8.69. The third-order valence-electron chi connectivity index (χ3n) is 4.29. The third-order valence-corrected chi connectivity index (χ3v) is 4.65. The number of benzene rings is 1. The van der Waals surface area contributed by atoms with Gasteiger partial charge in [0.05, 0.1) is 0 Å². The van der Waals surface area contributed by atoms with Gasteiger partial charge in [0.15, 0.2) is 0 Å². The van der Waals surface area contributed by atoms with E-state index in [0.29, 0.717) is 22.5 Å². The highest BCUT2D eigenvalue weighted by atomic mass is 35.5. The molecule has 1 N–H and O–H groups in total. The number of hydrogen-bond donors (Lipinski definition) is 1. The van der Waals surface area contributed by atoms with Crippen molar-refractivity contribution < 1.29 is 4.39 Å². The highest BCUT2D eigenvalue weighted by Gasteiger charge is 2.40. The summed E-state index contributed by atoms with van der Waals surface area (Å²) in [4.78, 5) is 2.33. The Morgan fingerprint density at radius 1 is 1.39 bits per heavy atom. The lowest BCUT2D eigenvalue weighted by Crippen LogP contribution is -2.29. The fourth-order valence-corrected chi connectivity index (χ4v) is 3.44. The number of hydrogen-bond acceptors (Lipinski definition) is 2. The van der Waals surface area contributed by atoms with Crippen molar-refractivity contribution in [3.05, 3.63) is 34.6 Å². The summed E-state index contributed by atoms with van der Waals surface area (Å²) in [5.41, 5.74) is 1.07. The van der Waals surface area contributed by atoms with Crippen molar-refractivity contribution in [3.63, 3.8) is 0 Å². The van der Waals surface area contributed by atoms with Crippen LogP contribution in [0.4, 0.5) is 4.39 Å². The zero-order valence-electron chi connectivity index (χ0n) is 10.4. The Labute approximate surface area is 112 Å². The third kappa shape index (κ3) is 2.27. The average Bonchev–Trinajstić information content (AvgIpc) is 2.96. The predicted octanol–water partition coefficient (Wildman–Crippen LogP) is 2.66. The molecular formula is C14H18ClFN2. The second-order valence-electron chi connectivity index (χ2n) is 5.59. The lowest BCUT2D eigenvalue weighted by Gasteiger charge is -2.23. The summed E-state index contributed by atoms with van der Waals surface area (Å²) in [5.74, 6) is -0.187. The zero-order chi connectivity index (χ0) is 12.6. The number of rotatable bonds is 2. The van der Waals surface area contributed by atoms with E-state index in [1.54, 1.807) is 12.1 Å². The summed E-state index contributed by atoms with van der Waals surface area (Å²) < 4.78 is 13.7. The summed E-state index contributed by atoms with van der Waals surface area (Å²) in [6, 6.07) is 4.92. The molecule has 3 rings (SSSR count). The molecule has 2 heterocycles. The molecule has 2 aliphatic heterocycles. The van der Waals surface area contributed by atoms with E-state index in [1.165, 1.54) is 18.9 Å². The molecule has 1 spiro atoms. The number of nitrogens with one attached hydrogen (secondary N) is 1. The predicted molar refractivity (Wildman–Crippen MR) is 71.2 cm³/mol. The molecule has 0 aromatic heterocycles. The Balaban J connectivity index is 1.71. The SMILES string of the molecule is Fc1cccc(Cl)c1CN1CCC2(CCNC2)C1. The number of nitrogens with zero attached hydrogens (tertiary/aromatic N) is 1. The summed E-state index contributed by atoms with van der Waals surface area (Å²) in [6.07, 6.45) is 2.46. The van der Waals surface area contributed by atoms with Crippen LogP contribution >= 0.6 is 11.6 Å². The van der Waals surface area contributed by atoms with Crippen molar-refractivity contribution >= 4 is 11.6 Å². The van der Waals surface area contributed by atoms with Gasteiger partial charge in [-0.2, -0.15) is 0 Å². The van der Waals surface area contributed by atoms with Gasteiger partial charge in [-0.3, -0.25) is 4.90 Å². The van der Waals surface area contributed by atoms with Crippen molar-refractivity contribution in [3.8, 4) is 0 Å². The van der Waals surface area contributed by atoms with Gasteiger partial charge in [-0.15, -0.1) is 0 Å². The topological polar surface area (TPSA) is 15.3 Å². The molecule has 2 nitrogen and oxygen atoms in total. The second-order valence-corrected chi connectivity index (χ2v) is 5.99. The smallest absolute Gasteiger partial charge is 0.129 e. The molecule has 0 radical (unpaired) electrons. The molecule has 1 aromatic carbocycles. The Morgan fingerprint density at radius 2 is 2.28 bits per heavy atom. The van der Waals surface area contributed by atoms with E-state index in [4.69, 9.17) is 11.6 Å². The van der Waals surface area contributed by atoms with E-state index in [1.807, 2.05) is 0 Å². The molecule has 2 saturated heterocycles. The monoisotopic (exact) mass is 268 g/mol. The van der Waals surface area contributed by atoms with Gasteiger partial charge in [-0.25, -0.2) is 4.39 Å². The highest BCUT2D eigenvalue weighted by Crippen LogP contribution is 2.37. The van der Waals surface area contributed by atoms with Crippen LogP contribution < -0.4 is 5.32 Å². The van der Waals surface area contributed by atoms with E-state index in [0.717, 1.165) is 26.2 Å². The van der Waals surface area contributed by atoms with Gasteiger partial charge in [0.2, 0.25) is 0 Å². The molecule has 2 aliphatic rings. The van der Waals surface area contributed by atoms with Crippen LogP contribution in [-0.2, 0) is 6.54 Å². The van der Waals surface area contributed by atoms with Crippen LogP contribution in [0.5, 0.6) is 0 Å². The molecule has 2 fully saturated rings. The number of likely N-dealkylation sites (tertiary alicyclic amines) is 1. The van der Waals surface area contributed by atoms with Gasteiger partial charge in [0, 0.05) is 30.2 Å². The van der Waals surface area contributed by atoms with E-state index in [2.05, 4.69) is 10.2 Å². The molecule has 4 heteroatoms. The summed E-state index contributed by atoms with van der Waals surface area (Å²) >= 11 is 6.08. The molecule has 1 atom stereocenters. The fraction of sp³-hybridized carbons (Fsp3) is 0.571. The first-order valence-corrected chi connectivity index (χ1v) is 6.92. The minimum atomic E-state index is -0.187. The Bertz CT molecular complexity index is 423. The summed E-state index contributed by atoms with van der Waals surface area (Å²) in [6.45, 7) is 4.97. The molecule has 0 bridgehead atoms. The maximum atomic E-state index is 13.7. The largest absolute Gasteiger partial charge is 0.316 e. The molecular weight excluding hydrogens is 251 g/mol. The van der Waals surface area contributed by atoms with Crippen molar-refractivity contribution in [2.24, 2.45) is 5.41 Å². The fourth-order valence-electron chi connectivity index (χ4n) is 3.21. The highest BCUT2D eigenvalue weighted by molar-refractivity contribution is 6.31. The van der Waals surface area contributed by atoms with Gasteiger partial charge in [0.1, 0.15) is 5.82 Å². The van der Waals surface area contributed by atoms with Gasteiger partial charge in [-0.1, -0.05) is 17.7 Å². The van der Waals surface area contributed by atoms with Crippen molar-refractivity contribution in [2.45, 2.75) is 19.4 Å². The van der Waals surface area contributed by atoms with Gasteiger partial charge < -0.3 is 5.32 Å². The quantitative estimate of drug-likeness (QED) is 0.887. The van der Waals surface area contributed by atoms with E-state index in [-0.39, 0.29) is 5.82 Å². The van der Waals surface area contributed by atoms with Gasteiger partial charge in [-0.05, 0) is 43.5 Å². The molecule has 0 aliphatic carbocycles. The Morgan fingerprint density at radius 3 is 3.00 bits per heavy atom. The van der Waals surface area contributed by atoms with Crippen molar-refractivity contribution in [2.75, 3.05) is 26.2 Å². The van der Waals surface area contributed by atoms with Crippen LogP contribution in [-0.4, -0.2) is 31.1 Å². The van der Waals surface area contributed by atoms with Crippen LogP contribution in [0, 0.1) is 11.2 Å². The first-order valence-electron chi connectivity index (χ1n) is 6.55. The summed E-state index contributed by atoms with van der Waals surface area (Å²) in [7, 11) is 0. The molecule has 18 heavy (non-hydrogen) atoms. The average molecular weight is 269 g/mol. The second kappa shape index (κ2) is 4.80. The Kier molecular flexibility index (Phi) is 3.31. The van der Waals surface area contributed by atoms with Crippen LogP contribution in [0.15, 0.2) is 18.2 Å².